The van der Waals surface area contributed by atoms with Gasteiger partial charge in [-0.3, -0.25) is 15.6 Å². The van der Waals surface area contributed by atoms with Crippen molar-refractivity contribution in [2.75, 3.05) is 13.2 Å². The fourth-order valence-corrected chi connectivity index (χ4v) is 2.72. The number of ether oxygens (including phenoxy) is 2. The van der Waals surface area contributed by atoms with Gasteiger partial charge in [0.25, 0.3) is 5.91 Å². The molecule has 1 fully saturated rings. The Morgan fingerprint density at radius 1 is 1.42 bits per heavy atom. The van der Waals surface area contributed by atoms with Crippen molar-refractivity contribution in [1.29, 1.82) is 0 Å². The lowest BCUT2D eigenvalue weighted by molar-refractivity contribution is -0.127. The van der Waals surface area contributed by atoms with Crippen LogP contribution in [0.15, 0.2) is 18.2 Å². The molecule has 3 N–H and O–H groups in total. The minimum absolute atomic E-state index is 0.157. The molecule has 24 heavy (non-hydrogen) atoms. The molecular weight excluding hydrogens is 373 g/mol. The summed E-state index contributed by atoms with van der Waals surface area (Å²) in [6, 6.07) is 4.97. The molecule has 1 amide bonds. The highest BCUT2D eigenvalue weighted by Crippen LogP contribution is 2.33. The van der Waals surface area contributed by atoms with Crippen LogP contribution in [0.1, 0.15) is 19.8 Å². The van der Waals surface area contributed by atoms with E-state index in [1.807, 2.05) is 0 Å². The predicted octanol–water partition coefficient (Wildman–Crippen LogP) is 2.43. The van der Waals surface area contributed by atoms with Crippen LogP contribution in [0.3, 0.4) is 0 Å². The van der Waals surface area contributed by atoms with Gasteiger partial charge in [-0.05, 0) is 44.1 Å². The summed E-state index contributed by atoms with van der Waals surface area (Å²) in [7, 11) is 0. The number of benzene rings is 1. The molecule has 0 aliphatic carbocycles. The minimum atomic E-state index is -0.809. The summed E-state index contributed by atoms with van der Waals surface area (Å²) in [5.41, 5.74) is 5.09. The molecule has 0 unspecified atom stereocenters. The van der Waals surface area contributed by atoms with E-state index in [-0.39, 0.29) is 11.9 Å². The number of nitrogens with one attached hydrogen (secondary N) is 3. The molecule has 0 spiro atoms. The Balaban J connectivity index is 1.74. The molecule has 1 aromatic carbocycles. The van der Waals surface area contributed by atoms with Gasteiger partial charge in [-0.1, -0.05) is 29.3 Å². The summed E-state index contributed by atoms with van der Waals surface area (Å²) in [4.78, 5) is 12.0. The number of carbonyl (C=O) groups is 1. The molecule has 0 radical (unpaired) electrons. The van der Waals surface area contributed by atoms with E-state index in [0.717, 1.165) is 19.4 Å². The van der Waals surface area contributed by atoms with Gasteiger partial charge in [-0.2, -0.15) is 0 Å². The lowest BCUT2D eigenvalue weighted by Crippen LogP contribution is -2.51. The van der Waals surface area contributed by atoms with Crippen molar-refractivity contribution in [3.05, 3.63) is 28.2 Å². The maximum Gasteiger partial charge on any atom is 0.279 e. The molecule has 132 valence electrons. The van der Waals surface area contributed by atoms with Crippen LogP contribution in [0, 0.1) is 0 Å². The van der Waals surface area contributed by atoms with Gasteiger partial charge in [0.05, 0.1) is 16.1 Å². The van der Waals surface area contributed by atoms with Crippen LogP contribution in [0.5, 0.6) is 5.75 Å². The van der Waals surface area contributed by atoms with Gasteiger partial charge >= 0.3 is 0 Å². The van der Waals surface area contributed by atoms with Crippen molar-refractivity contribution in [2.24, 2.45) is 0 Å². The first-order valence-electron chi connectivity index (χ1n) is 7.53. The first kappa shape index (κ1) is 19.1. The number of hydrazine groups is 1. The zero-order chi connectivity index (χ0) is 17.5. The third kappa shape index (κ3) is 5.66. The highest BCUT2D eigenvalue weighted by atomic mass is 35.5. The zero-order valence-electron chi connectivity index (χ0n) is 13.1. The third-order valence-electron chi connectivity index (χ3n) is 3.40. The summed E-state index contributed by atoms with van der Waals surface area (Å²) in [5, 5.41) is 3.97. The standard InChI is InChI=1S/C15H19Cl2N3O3S/c1-9(23-13-11(16)5-2-6-12(13)17)14(21)19-20-15(24)18-8-10-4-3-7-22-10/h2,5-6,9-10H,3-4,7-8H2,1H3,(H,19,21)(H2,18,20,24)/t9-,10+/m1/s1. The number of hydrogen-bond donors (Lipinski definition) is 3. The average molecular weight is 392 g/mol. The number of hydrogen-bond acceptors (Lipinski definition) is 4. The quantitative estimate of drug-likeness (QED) is 0.528. The Morgan fingerprint density at radius 2 is 2.12 bits per heavy atom. The van der Waals surface area contributed by atoms with E-state index in [1.54, 1.807) is 25.1 Å². The molecule has 9 heteroatoms. The molecule has 2 rings (SSSR count). The normalized spacial score (nSPS) is 17.9. The van der Waals surface area contributed by atoms with Crippen LogP contribution in [0.2, 0.25) is 10.0 Å². The largest absolute Gasteiger partial charge is 0.478 e. The molecule has 1 aromatic rings. The number of para-hydroxylation sites is 1. The van der Waals surface area contributed by atoms with Gasteiger partial charge in [0.2, 0.25) is 0 Å². The summed E-state index contributed by atoms with van der Waals surface area (Å²) in [5.74, 6) is -0.144. The first-order valence-corrected chi connectivity index (χ1v) is 8.69. The van der Waals surface area contributed by atoms with E-state index in [4.69, 9.17) is 44.9 Å². The maximum absolute atomic E-state index is 12.0. The second-order valence-electron chi connectivity index (χ2n) is 5.27. The number of thiocarbonyl (C=S) groups is 1. The molecule has 6 nitrogen and oxygen atoms in total. The Labute approximate surface area is 156 Å². The number of carbonyl (C=O) groups excluding carboxylic acids is 1. The van der Waals surface area contributed by atoms with Gasteiger partial charge in [0.15, 0.2) is 17.0 Å². The maximum atomic E-state index is 12.0. The Morgan fingerprint density at radius 3 is 2.75 bits per heavy atom. The van der Waals surface area contributed by atoms with Gasteiger partial charge < -0.3 is 14.8 Å². The van der Waals surface area contributed by atoms with E-state index in [1.165, 1.54) is 0 Å². The van der Waals surface area contributed by atoms with Crippen LogP contribution in [-0.4, -0.2) is 36.4 Å². The van der Waals surface area contributed by atoms with E-state index in [2.05, 4.69) is 16.2 Å². The second kappa shape index (κ2) is 9.27. The Hall–Kier alpha value is -1.28. The van der Waals surface area contributed by atoms with Crippen molar-refractivity contribution >= 4 is 46.4 Å². The van der Waals surface area contributed by atoms with E-state index >= 15 is 0 Å². The molecule has 0 bridgehead atoms. The molecule has 1 heterocycles. The van der Waals surface area contributed by atoms with Crippen molar-refractivity contribution in [1.82, 2.24) is 16.2 Å². The van der Waals surface area contributed by atoms with Crippen LogP contribution in [-0.2, 0) is 9.53 Å². The van der Waals surface area contributed by atoms with Crippen molar-refractivity contribution in [3.8, 4) is 5.75 Å². The summed E-state index contributed by atoms with van der Waals surface area (Å²) in [6.07, 6.45) is 1.41. The van der Waals surface area contributed by atoms with Crippen molar-refractivity contribution in [2.45, 2.75) is 32.0 Å². The topological polar surface area (TPSA) is 71.6 Å². The predicted molar refractivity (Wildman–Crippen MR) is 97.4 cm³/mol. The molecule has 1 aliphatic heterocycles. The molecule has 0 saturated carbocycles. The fraction of sp³-hybridized carbons (Fsp3) is 0.467. The smallest absolute Gasteiger partial charge is 0.279 e. The van der Waals surface area contributed by atoms with Crippen LogP contribution in [0.4, 0.5) is 0 Å². The zero-order valence-corrected chi connectivity index (χ0v) is 15.4. The van der Waals surface area contributed by atoms with E-state index < -0.39 is 12.0 Å². The molecule has 1 aliphatic rings. The summed E-state index contributed by atoms with van der Waals surface area (Å²) >= 11 is 17.1. The lowest BCUT2D eigenvalue weighted by Gasteiger charge is -2.18. The van der Waals surface area contributed by atoms with Gasteiger partial charge in [0, 0.05) is 13.2 Å². The van der Waals surface area contributed by atoms with Crippen LogP contribution >= 0.6 is 35.4 Å². The summed E-state index contributed by atoms with van der Waals surface area (Å²) in [6.45, 7) is 2.96. The van der Waals surface area contributed by atoms with Gasteiger partial charge in [0.1, 0.15) is 0 Å². The average Bonchev–Trinajstić information content (AvgIpc) is 3.07. The van der Waals surface area contributed by atoms with Crippen molar-refractivity contribution in [3.63, 3.8) is 0 Å². The second-order valence-corrected chi connectivity index (χ2v) is 6.49. The van der Waals surface area contributed by atoms with Gasteiger partial charge in [-0.25, -0.2) is 0 Å². The molecule has 2 atom stereocenters. The fourth-order valence-electron chi connectivity index (χ4n) is 2.10. The third-order valence-corrected chi connectivity index (χ3v) is 4.24. The van der Waals surface area contributed by atoms with E-state index in [9.17, 15) is 4.79 Å². The number of amides is 1. The van der Waals surface area contributed by atoms with Crippen LogP contribution in [0.25, 0.3) is 0 Å². The lowest BCUT2D eigenvalue weighted by atomic mass is 10.2. The first-order chi connectivity index (χ1) is 11.5. The highest BCUT2D eigenvalue weighted by Gasteiger charge is 2.19. The van der Waals surface area contributed by atoms with E-state index in [0.29, 0.717) is 21.7 Å². The molecule has 1 saturated heterocycles. The Kier molecular flexibility index (Phi) is 7.36. The number of halogens is 2. The minimum Gasteiger partial charge on any atom is -0.478 e. The van der Waals surface area contributed by atoms with Gasteiger partial charge in [-0.15, -0.1) is 0 Å². The SMILES string of the molecule is C[C@@H](Oc1c(Cl)cccc1Cl)C(=O)NNC(=S)NC[C@@H]1CCCO1. The summed E-state index contributed by atoms with van der Waals surface area (Å²) < 4.78 is 11.0. The van der Waals surface area contributed by atoms with Crippen molar-refractivity contribution < 1.29 is 14.3 Å². The Bertz CT molecular complexity index is 577. The monoisotopic (exact) mass is 391 g/mol. The molecular formula is C15H19Cl2N3O3S. The molecule has 0 aromatic heterocycles. The van der Waals surface area contributed by atoms with Crippen LogP contribution < -0.4 is 20.9 Å². The highest BCUT2D eigenvalue weighted by molar-refractivity contribution is 7.80. The number of rotatable bonds is 5.